The van der Waals surface area contributed by atoms with Crippen molar-refractivity contribution in [1.29, 1.82) is 0 Å². The molecular formula is C20H15ClN4O3. The fraction of sp³-hybridized carbons (Fsp3) is 0.200. The second kappa shape index (κ2) is 6.17. The van der Waals surface area contributed by atoms with Gasteiger partial charge in [-0.2, -0.15) is 0 Å². The van der Waals surface area contributed by atoms with Crippen LogP contribution in [0.15, 0.2) is 57.0 Å². The van der Waals surface area contributed by atoms with E-state index in [1.807, 2.05) is 12.1 Å². The second-order valence-electron chi connectivity index (χ2n) is 7.05. The van der Waals surface area contributed by atoms with E-state index in [0.717, 1.165) is 12.8 Å². The van der Waals surface area contributed by atoms with E-state index in [2.05, 4.69) is 15.1 Å². The first-order chi connectivity index (χ1) is 13.5. The van der Waals surface area contributed by atoms with E-state index in [1.54, 1.807) is 30.5 Å². The Labute approximate surface area is 162 Å². The maximum Gasteiger partial charge on any atom is 0.287 e. The minimum Gasteiger partial charge on any atom is -0.350 e. The van der Waals surface area contributed by atoms with Crippen LogP contribution in [0.5, 0.6) is 0 Å². The van der Waals surface area contributed by atoms with Gasteiger partial charge in [0.05, 0.1) is 17.3 Å². The Morgan fingerprint density at radius 3 is 2.68 bits per heavy atom. The molecule has 3 heterocycles. The molecule has 5 rings (SSSR count). The third-order valence-electron chi connectivity index (χ3n) is 5.18. The summed E-state index contributed by atoms with van der Waals surface area (Å²) in [5, 5.41) is 3.24. The third kappa shape index (κ3) is 2.58. The predicted molar refractivity (Wildman–Crippen MR) is 107 cm³/mol. The van der Waals surface area contributed by atoms with Gasteiger partial charge in [0.2, 0.25) is 5.43 Å². The summed E-state index contributed by atoms with van der Waals surface area (Å²) in [6.07, 6.45) is 3.51. The van der Waals surface area contributed by atoms with Gasteiger partial charge in [-0.1, -0.05) is 17.7 Å². The van der Waals surface area contributed by atoms with Crippen molar-refractivity contribution in [3.05, 3.63) is 84.2 Å². The van der Waals surface area contributed by atoms with Gasteiger partial charge in [0.25, 0.3) is 11.1 Å². The van der Waals surface area contributed by atoms with E-state index in [1.165, 1.54) is 4.68 Å². The van der Waals surface area contributed by atoms with Gasteiger partial charge in [-0.15, -0.1) is 0 Å². The van der Waals surface area contributed by atoms with Crippen molar-refractivity contribution in [3.63, 3.8) is 0 Å². The molecule has 1 aromatic carbocycles. The van der Waals surface area contributed by atoms with Crippen LogP contribution in [0.25, 0.3) is 21.8 Å². The number of aromatic nitrogens is 4. The SMILES string of the molecule is O=c1[nH]n(C(c2ccccn2)C2CC2)c(=O)c2c(=O)c3ccc(Cl)cc3[nH]c12. The first-order valence-electron chi connectivity index (χ1n) is 8.95. The molecule has 0 spiro atoms. The van der Waals surface area contributed by atoms with Crippen LogP contribution in [0.2, 0.25) is 5.02 Å². The largest absolute Gasteiger partial charge is 0.350 e. The van der Waals surface area contributed by atoms with Gasteiger partial charge in [0.15, 0.2) is 0 Å². The first-order valence-corrected chi connectivity index (χ1v) is 9.33. The number of nitrogens with zero attached hydrogens (tertiary/aromatic N) is 2. The van der Waals surface area contributed by atoms with Crippen molar-refractivity contribution in [1.82, 2.24) is 19.7 Å². The van der Waals surface area contributed by atoms with E-state index in [-0.39, 0.29) is 16.8 Å². The maximum atomic E-state index is 13.3. The highest BCUT2D eigenvalue weighted by Crippen LogP contribution is 2.41. The molecule has 28 heavy (non-hydrogen) atoms. The molecule has 1 fully saturated rings. The zero-order valence-electron chi connectivity index (χ0n) is 14.6. The van der Waals surface area contributed by atoms with E-state index in [4.69, 9.17) is 11.6 Å². The lowest BCUT2D eigenvalue weighted by Gasteiger charge is -2.19. The van der Waals surface area contributed by atoms with Gasteiger partial charge in [-0.25, -0.2) is 4.68 Å². The van der Waals surface area contributed by atoms with Crippen LogP contribution < -0.4 is 16.5 Å². The van der Waals surface area contributed by atoms with Gasteiger partial charge in [-0.05, 0) is 49.1 Å². The fourth-order valence-electron chi connectivity index (χ4n) is 3.72. The van der Waals surface area contributed by atoms with Gasteiger partial charge in [0, 0.05) is 16.6 Å². The van der Waals surface area contributed by atoms with Crippen LogP contribution in [0.3, 0.4) is 0 Å². The van der Waals surface area contributed by atoms with Crippen molar-refractivity contribution in [2.24, 2.45) is 5.92 Å². The van der Waals surface area contributed by atoms with Gasteiger partial charge < -0.3 is 4.98 Å². The van der Waals surface area contributed by atoms with Crippen molar-refractivity contribution < 1.29 is 0 Å². The number of hydrogen-bond donors (Lipinski definition) is 2. The summed E-state index contributed by atoms with van der Waals surface area (Å²) in [5.41, 5.74) is -0.495. The molecule has 0 radical (unpaired) electrons. The number of H-pyrrole nitrogens is 2. The van der Waals surface area contributed by atoms with Crippen molar-refractivity contribution in [2.45, 2.75) is 18.9 Å². The number of nitrogens with one attached hydrogen (secondary N) is 2. The molecule has 140 valence electrons. The van der Waals surface area contributed by atoms with Crippen LogP contribution >= 0.6 is 11.6 Å². The lowest BCUT2D eigenvalue weighted by atomic mass is 10.1. The fourth-order valence-corrected chi connectivity index (χ4v) is 3.89. The molecule has 0 bridgehead atoms. The minimum absolute atomic E-state index is 0.0448. The maximum absolute atomic E-state index is 13.3. The molecule has 0 aliphatic heterocycles. The smallest absolute Gasteiger partial charge is 0.287 e. The molecule has 1 saturated carbocycles. The zero-order chi connectivity index (χ0) is 19.4. The third-order valence-corrected chi connectivity index (χ3v) is 5.42. The summed E-state index contributed by atoms with van der Waals surface area (Å²) in [5.74, 6) is 0.194. The summed E-state index contributed by atoms with van der Waals surface area (Å²) in [7, 11) is 0. The number of pyridine rings is 2. The Bertz CT molecular complexity index is 1400. The van der Waals surface area contributed by atoms with E-state index < -0.39 is 22.6 Å². The molecule has 1 unspecified atom stereocenters. The lowest BCUT2D eigenvalue weighted by molar-refractivity contribution is 0.438. The van der Waals surface area contributed by atoms with Crippen LogP contribution in [-0.4, -0.2) is 19.7 Å². The number of benzene rings is 1. The second-order valence-corrected chi connectivity index (χ2v) is 7.48. The Hall–Kier alpha value is -3.19. The van der Waals surface area contributed by atoms with Crippen molar-refractivity contribution in [3.8, 4) is 0 Å². The molecular weight excluding hydrogens is 380 g/mol. The van der Waals surface area contributed by atoms with E-state index in [9.17, 15) is 14.4 Å². The van der Waals surface area contributed by atoms with Crippen LogP contribution in [-0.2, 0) is 0 Å². The van der Waals surface area contributed by atoms with Crippen LogP contribution in [0.4, 0.5) is 0 Å². The average molecular weight is 395 g/mol. The summed E-state index contributed by atoms with van der Waals surface area (Å²) in [6.45, 7) is 0. The minimum atomic E-state index is -0.532. The number of aromatic amines is 2. The quantitative estimate of drug-likeness (QED) is 0.521. The molecule has 4 aromatic rings. The summed E-state index contributed by atoms with van der Waals surface area (Å²) in [6, 6.07) is 9.74. The normalized spacial score (nSPS) is 15.2. The number of halogens is 1. The highest BCUT2D eigenvalue weighted by Gasteiger charge is 2.36. The summed E-state index contributed by atoms with van der Waals surface area (Å²) in [4.78, 5) is 46.3. The van der Waals surface area contributed by atoms with Crippen LogP contribution in [0.1, 0.15) is 24.6 Å². The van der Waals surface area contributed by atoms with Gasteiger partial charge in [-0.3, -0.25) is 24.5 Å². The van der Waals surface area contributed by atoms with E-state index >= 15 is 0 Å². The van der Waals surface area contributed by atoms with Crippen molar-refractivity contribution >= 4 is 33.4 Å². The number of rotatable bonds is 3. The standard InChI is InChI=1S/C20H15ClN4O3/c21-11-6-7-12-14(9-11)23-16-15(18(12)26)20(28)25(24-19(16)27)17(10-4-5-10)13-3-1-2-8-22-13/h1-3,6-10,17H,4-5H2,(H,23,26)(H,24,27). The molecule has 1 aliphatic carbocycles. The van der Waals surface area contributed by atoms with Crippen molar-refractivity contribution in [2.75, 3.05) is 0 Å². The zero-order valence-corrected chi connectivity index (χ0v) is 15.4. The Morgan fingerprint density at radius 2 is 1.96 bits per heavy atom. The molecule has 7 nitrogen and oxygen atoms in total. The Balaban J connectivity index is 1.86. The lowest BCUT2D eigenvalue weighted by Crippen LogP contribution is -2.37. The van der Waals surface area contributed by atoms with Gasteiger partial charge in [0.1, 0.15) is 10.9 Å². The molecule has 1 aliphatic rings. The van der Waals surface area contributed by atoms with Gasteiger partial charge >= 0.3 is 0 Å². The average Bonchev–Trinajstić information content (AvgIpc) is 3.51. The molecule has 1 atom stereocenters. The molecule has 0 amide bonds. The molecule has 0 saturated heterocycles. The predicted octanol–water partition coefficient (Wildman–Crippen LogP) is 2.58. The summed E-state index contributed by atoms with van der Waals surface area (Å²) >= 11 is 5.99. The Kier molecular flexibility index (Phi) is 3.73. The first kappa shape index (κ1) is 16.9. The molecule has 2 N–H and O–H groups in total. The topological polar surface area (TPSA) is 101 Å². The Morgan fingerprint density at radius 1 is 1.14 bits per heavy atom. The highest BCUT2D eigenvalue weighted by molar-refractivity contribution is 6.31. The number of fused-ring (bicyclic) bond motifs is 2. The molecule has 3 aromatic heterocycles. The van der Waals surface area contributed by atoms with E-state index in [0.29, 0.717) is 21.6 Å². The monoisotopic (exact) mass is 394 g/mol. The molecule has 8 heteroatoms. The number of hydrogen-bond acceptors (Lipinski definition) is 4. The highest BCUT2D eigenvalue weighted by atomic mass is 35.5. The van der Waals surface area contributed by atoms with Crippen LogP contribution in [0, 0.1) is 5.92 Å². The summed E-state index contributed by atoms with van der Waals surface area (Å²) < 4.78 is 1.27.